The van der Waals surface area contributed by atoms with Crippen molar-refractivity contribution < 1.29 is 4.79 Å². The molecule has 3 rings (SSSR count). The van der Waals surface area contributed by atoms with E-state index in [0.29, 0.717) is 6.54 Å². The van der Waals surface area contributed by atoms with Gasteiger partial charge in [-0.15, -0.1) is 0 Å². The smallest absolute Gasteiger partial charge is 0.251 e. The molecule has 0 aliphatic carbocycles. The maximum atomic E-state index is 12.0. The van der Waals surface area contributed by atoms with Crippen LogP contribution in [0.3, 0.4) is 0 Å². The van der Waals surface area contributed by atoms with E-state index in [1.807, 2.05) is 42.7 Å². The minimum Gasteiger partial charge on any atom is -0.369 e. The molecule has 23 heavy (non-hydrogen) atoms. The number of hydrogen-bond donors (Lipinski definition) is 1. The molecule has 5 heteroatoms. The number of nitrogens with zero attached hydrogens (tertiary/aromatic N) is 3. The quantitative estimate of drug-likeness (QED) is 0.912. The number of benzene rings is 1. The zero-order valence-corrected chi connectivity index (χ0v) is 13.2. The van der Waals surface area contributed by atoms with Crippen molar-refractivity contribution in [3.63, 3.8) is 0 Å². The highest BCUT2D eigenvalue weighted by Crippen LogP contribution is 2.14. The second kappa shape index (κ2) is 7.74. The summed E-state index contributed by atoms with van der Waals surface area (Å²) < 4.78 is 0. The fourth-order valence-corrected chi connectivity index (χ4v) is 2.80. The van der Waals surface area contributed by atoms with Crippen LogP contribution in [0.5, 0.6) is 0 Å². The molecule has 0 atom stereocenters. The summed E-state index contributed by atoms with van der Waals surface area (Å²) >= 11 is 0. The molecule has 1 aliphatic heterocycles. The fourth-order valence-electron chi connectivity index (χ4n) is 2.80. The van der Waals surface area contributed by atoms with Crippen LogP contribution >= 0.6 is 0 Å². The van der Waals surface area contributed by atoms with Crippen LogP contribution in [-0.4, -0.2) is 55.1 Å². The Balaban J connectivity index is 1.39. The van der Waals surface area contributed by atoms with Crippen molar-refractivity contribution in [3.05, 3.63) is 60.4 Å². The molecule has 0 bridgehead atoms. The summed E-state index contributed by atoms with van der Waals surface area (Å²) in [7, 11) is 0. The fraction of sp³-hybridized carbons (Fsp3) is 0.333. The van der Waals surface area contributed by atoms with Crippen LogP contribution < -0.4 is 10.2 Å². The van der Waals surface area contributed by atoms with Crippen molar-refractivity contribution in [2.75, 3.05) is 44.2 Å². The number of piperazine rings is 1. The minimum atomic E-state index is 0.000946. The van der Waals surface area contributed by atoms with Gasteiger partial charge in [0.05, 0.1) is 0 Å². The molecule has 1 amide bonds. The highest BCUT2D eigenvalue weighted by Gasteiger charge is 2.16. The zero-order valence-electron chi connectivity index (χ0n) is 13.2. The first-order valence-corrected chi connectivity index (χ1v) is 8.03. The van der Waals surface area contributed by atoms with E-state index in [1.165, 1.54) is 5.69 Å². The normalized spacial score (nSPS) is 15.4. The Kier molecular flexibility index (Phi) is 5.21. The first-order chi connectivity index (χ1) is 11.3. The molecule has 120 valence electrons. The molecule has 1 N–H and O–H groups in total. The molecule has 5 nitrogen and oxygen atoms in total. The minimum absolute atomic E-state index is 0.000946. The summed E-state index contributed by atoms with van der Waals surface area (Å²) in [6, 6.07) is 13.5. The van der Waals surface area contributed by atoms with Gasteiger partial charge in [-0.2, -0.15) is 0 Å². The summed E-state index contributed by atoms with van der Waals surface area (Å²) in [4.78, 5) is 20.8. The van der Waals surface area contributed by atoms with Crippen LogP contribution in [0.25, 0.3) is 0 Å². The molecule has 1 saturated heterocycles. The summed E-state index contributed by atoms with van der Waals surface area (Å²) in [6.07, 6.45) is 3.67. The van der Waals surface area contributed by atoms with Crippen LogP contribution in [-0.2, 0) is 0 Å². The lowest BCUT2D eigenvalue weighted by Gasteiger charge is -2.36. The average molecular weight is 310 g/mol. The molecule has 0 spiro atoms. The van der Waals surface area contributed by atoms with E-state index in [0.717, 1.165) is 38.3 Å². The Hall–Kier alpha value is -2.40. The van der Waals surface area contributed by atoms with Gasteiger partial charge >= 0.3 is 0 Å². The van der Waals surface area contributed by atoms with Crippen molar-refractivity contribution in [2.24, 2.45) is 0 Å². The molecule has 1 fully saturated rings. The first-order valence-electron chi connectivity index (χ1n) is 8.03. The highest BCUT2D eigenvalue weighted by molar-refractivity contribution is 5.94. The lowest BCUT2D eigenvalue weighted by atomic mass is 10.2. The van der Waals surface area contributed by atoms with E-state index >= 15 is 0 Å². The van der Waals surface area contributed by atoms with E-state index < -0.39 is 0 Å². The number of amides is 1. The van der Waals surface area contributed by atoms with E-state index in [1.54, 1.807) is 0 Å². The predicted octanol–water partition coefficient (Wildman–Crippen LogP) is 1.63. The molecular weight excluding hydrogens is 288 g/mol. The predicted molar refractivity (Wildman–Crippen MR) is 91.7 cm³/mol. The number of pyridine rings is 1. The second-order valence-electron chi connectivity index (χ2n) is 5.66. The van der Waals surface area contributed by atoms with Gasteiger partial charge < -0.3 is 10.2 Å². The Bertz CT molecular complexity index is 609. The Labute approximate surface area is 136 Å². The summed E-state index contributed by atoms with van der Waals surface area (Å²) in [5.41, 5.74) is 1.95. The number of rotatable bonds is 5. The number of aromatic nitrogens is 1. The van der Waals surface area contributed by atoms with Gasteiger partial charge in [0.1, 0.15) is 0 Å². The highest BCUT2D eigenvalue weighted by atomic mass is 16.1. The van der Waals surface area contributed by atoms with E-state index in [9.17, 15) is 4.79 Å². The monoisotopic (exact) mass is 310 g/mol. The third kappa shape index (κ3) is 4.29. The molecule has 1 aromatic carbocycles. The van der Waals surface area contributed by atoms with Crippen LogP contribution in [0.4, 0.5) is 5.69 Å². The van der Waals surface area contributed by atoms with Crippen LogP contribution in [0, 0.1) is 0 Å². The van der Waals surface area contributed by atoms with Crippen LogP contribution in [0.15, 0.2) is 54.9 Å². The largest absolute Gasteiger partial charge is 0.369 e. The Morgan fingerprint density at radius 3 is 2.39 bits per heavy atom. The standard InChI is InChI=1S/C18H22N4O/c23-18(16-4-2-1-3-5-16)20-10-11-21-12-14-22(15-13-21)17-6-8-19-9-7-17/h1-9H,10-15H2,(H,20,23). The molecule has 0 saturated carbocycles. The van der Waals surface area contributed by atoms with Gasteiger partial charge in [-0.25, -0.2) is 0 Å². The van der Waals surface area contributed by atoms with Gasteiger partial charge in [-0.05, 0) is 24.3 Å². The van der Waals surface area contributed by atoms with Crippen molar-refractivity contribution >= 4 is 11.6 Å². The maximum Gasteiger partial charge on any atom is 0.251 e. The summed E-state index contributed by atoms with van der Waals surface area (Å²) in [5.74, 6) is 0.000946. The third-order valence-electron chi connectivity index (χ3n) is 4.15. The SMILES string of the molecule is O=C(NCCN1CCN(c2ccncc2)CC1)c1ccccc1. The summed E-state index contributed by atoms with van der Waals surface area (Å²) in [6.45, 7) is 5.63. The topological polar surface area (TPSA) is 48.5 Å². The number of nitrogens with one attached hydrogen (secondary N) is 1. The second-order valence-corrected chi connectivity index (χ2v) is 5.66. The van der Waals surface area contributed by atoms with Crippen LogP contribution in [0.1, 0.15) is 10.4 Å². The number of carbonyl (C=O) groups excluding carboxylic acids is 1. The number of hydrogen-bond acceptors (Lipinski definition) is 4. The third-order valence-corrected chi connectivity index (χ3v) is 4.15. The molecule has 2 aromatic rings. The van der Waals surface area contributed by atoms with Crippen molar-refractivity contribution in [1.29, 1.82) is 0 Å². The van der Waals surface area contributed by atoms with Crippen LogP contribution in [0.2, 0.25) is 0 Å². The lowest BCUT2D eigenvalue weighted by Crippen LogP contribution is -2.48. The molecular formula is C18H22N4O. The van der Waals surface area contributed by atoms with E-state index in [-0.39, 0.29) is 5.91 Å². The molecule has 2 heterocycles. The van der Waals surface area contributed by atoms with Crippen molar-refractivity contribution in [3.8, 4) is 0 Å². The van der Waals surface area contributed by atoms with Gasteiger partial charge in [0.2, 0.25) is 0 Å². The Morgan fingerprint density at radius 2 is 1.70 bits per heavy atom. The first kappa shape index (κ1) is 15.5. The van der Waals surface area contributed by atoms with Gasteiger partial charge in [0, 0.05) is 62.9 Å². The van der Waals surface area contributed by atoms with Gasteiger partial charge in [-0.1, -0.05) is 18.2 Å². The molecule has 1 aliphatic rings. The molecule has 1 aromatic heterocycles. The van der Waals surface area contributed by atoms with E-state index in [2.05, 4.69) is 32.2 Å². The molecule has 0 radical (unpaired) electrons. The van der Waals surface area contributed by atoms with Crippen molar-refractivity contribution in [2.45, 2.75) is 0 Å². The average Bonchev–Trinajstić information content (AvgIpc) is 2.64. The van der Waals surface area contributed by atoms with Gasteiger partial charge in [0.15, 0.2) is 0 Å². The summed E-state index contributed by atoms with van der Waals surface area (Å²) in [5, 5.41) is 2.99. The lowest BCUT2D eigenvalue weighted by molar-refractivity contribution is 0.0948. The molecule has 0 unspecified atom stereocenters. The zero-order chi connectivity index (χ0) is 15.9. The number of anilines is 1. The number of carbonyl (C=O) groups is 1. The van der Waals surface area contributed by atoms with Gasteiger partial charge in [0.25, 0.3) is 5.91 Å². The van der Waals surface area contributed by atoms with Crippen molar-refractivity contribution in [1.82, 2.24) is 15.2 Å². The van der Waals surface area contributed by atoms with Gasteiger partial charge in [-0.3, -0.25) is 14.7 Å². The maximum absolute atomic E-state index is 12.0. The Morgan fingerprint density at radius 1 is 1.00 bits per heavy atom. The van der Waals surface area contributed by atoms with E-state index in [4.69, 9.17) is 0 Å².